The molecule has 1 saturated heterocycles. The predicted molar refractivity (Wildman–Crippen MR) is 85.7 cm³/mol. The normalized spacial score (nSPS) is 18.9. The van der Waals surface area contributed by atoms with Gasteiger partial charge >= 0.3 is 12.0 Å². The van der Waals surface area contributed by atoms with Gasteiger partial charge < -0.3 is 15.3 Å². The molecule has 0 aromatic carbocycles. The minimum Gasteiger partial charge on any atom is -0.481 e. The Kier molecular flexibility index (Phi) is 8.21. The molecule has 0 aromatic rings. The molecule has 0 bridgehead atoms. The van der Waals surface area contributed by atoms with Crippen molar-refractivity contribution in [3.63, 3.8) is 0 Å². The molecule has 1 aliphatic rings. The zero-order valence-electron chi connectivity index (χ0n) is 12.1. The van der Waals surface area contributed by atoms with Gasteiger partial charge in [-0.3, -0.25) is 4.79 Å². The predicted octanol–water partition coefficient (Wildman–Crippen LogP) is 2.12. The van der Waals surface area contributed by atoms with Crippen molar-refractivity contribution in [2.45, 2.75) is 38.0 Å². The maximum Gasteiger partial charge on any atom is 0.317 e. The number of carboxylic acids is 1. The summed E-state index contributed by atoms with van der Waals surface area (Å²) in [6, 6.07) is -0.00117. The molecule has 1 fully saturated rings. The minimum absolute atomic E-state index is 0.0807. The average molecular weight is 320 g/mol. The van der Waals surface area contributed by atoms with Crippen molar-refractivity contribution in [1.82, 2.24) is 10.2 Å². The van der Waals surface area contributed by atoms with Crippen LogP contribution in [0.3, 0.4) is 0 Å². The maximum atomic E-state index is 12.2. The summed E-state index contributed by atoms with van der Waals surface area (Å²) in [6.07, 6.45) is 0.598. The van der Waals surface area contributed by atoms with Crippen molar-refractivity contribution >= 4 is 35.5 Å². The molecular formula is C13H24N2O3S2. The summed E-state index contributed by atoms with van der Waals surface area (Å²) in [5.41, 5.74) is 0. The van der Waals surface area contributed by atoms with Crippen LogP contribution in [-0.4, -0.2) is 63.6 Å². The lowest BCUT2D eigenvalue weighted by Gasteiger charge is -2.28. The van der Waals surface area contributed by atoms with Crippen LogP contribution in [0.2, 0.25) is 0 Å². The van der Waals surface area contributed by atoms with Gasteiger partial charge in [0.25, 0.3) is 0 Å². The molecule has 0 aromatic heterocycles. The molecule has 0 saturated carbocycles. The van der Waals surface area contributed by atoms with Crippen LogP contribution in [0.25, 0.3) is 0 Å². The standard InChI is InChI=1S/C13H24N2O3S2/c1-10(2)15(5-3-4-12(16)17)13(18)14-8-11-9-19-6-7-20-11/h10-11H,3-9H2,1-2H3,(H,14,18)(H,16,17). The molecule has 0 radical (unpaired) electrons. The van der Waals surface area contributed by atoms with Gasteiger partial charge in [-0.25, -0.2) is 4.79 Å². The van der Waals surface area contributed by atoms with E-state index in [1.54, 1.807) is 4.90 Å². The lowest BCUT2D eigenvalue weighted by atomic mass is 10.2. The van der Waals surface area contributed by atoms with Crippen LogP contribution < -0.4 is 5.32 Å². The SMILES string of the molecule is CC(C)N(CCCC(=O)O)C(=O)NCC1CSCCS1. The highest BCUT2D eigenvalue weighted by Crippen LogP contribution is 2.23. The second-order valence-corrected chi connectivity index (χ2v) is 7.60. The van der Waals surface area contributed by atoms with E-state index in [2.05, 4.69) is 5.32 Å². The zero-order chi connectivity index (χ0) is 15.0. The highest BCUT2D eigenvalue weighted by Gasteiger charge is 2.19. The number of carboxylic acid groups (broad SMARTS) is 1. The second kappa shape index (κ2) is 9.39. The van der Waals surface area contributed by atoms with E-state index in [0.29, 0.717) is 24.8 Å². The first-order valence-electron chi connectivity index (χ1n) is 6.96. The Bertz CT molecular complexity index is 321. The Labute approximate surface area is 129 Å². The summed E-state index contributed by atoms with van der Waals surface area (Å²) in [5, 5.41) is 12.1. The smallest absolute Gasteiger partial charge is 0.317 e. The van der Waals surface area contributed by atoms with E-state index in [1.165, 1.54) is 5.75 Å². The Morgan fingerprint density at radius 3 is 2.70 bits per heavy atom. The molecule has 116 valence electrons. The molecule has 0 spiro atoms. The molecule has 1 unspecified atom stereocenters. The number of carbonyl (C=O) groups is 2. The lowest BCUT2D eigenvalue weighted by molar-refractivity contribution is -0.137. The molecule has 1 rings (SSSR count). The molecule has 1 heterocycles. The van der Waals surface area contributed by atoms with E-state index in [9.17, 15) is 9.59 Å². The molecule has 1 atom stereocenters. The van der Waals surface area contributed by atoms with Gasteiger partial charge in [0.1, 0.15) is 0 Å². The van der Waals surface area contributed by atoms with Gasteiger partial charge in [-0.2, -0.15) is 23.5 Å². The second-order valence-electron chi connectivity index (χ2n) is 5.04. The first-order valence-corrected chi connectivity index (χ1v) is 9.16. The molecule has 7 heteroatoms. The summed E-state index contributed by atoms with van der Waals surface area (Å²) >= 11 is 3.85. The lowest BCUT2D eigenvalue weighted by Crippen LogP contribution is -2.46. The summed E-state index contributed by atoms with van der Waals surface area (Å²) in [7, 11) is 0. The van der Waals surface area contributed by atoms with Gasteiger partial charge in [-0.15, -0.1) is 0 Å². The number of hydrogen-bond acceptors (Lipinski definition) is 4. The third kappa shape index (κ3) is 6.74. The third-order valence-electron chi connectivity index (χ3n) is 3.04. The van der Waals surface area contributed by atoms with Crippen LogP contribution in [0.4, 0.5) is 4.79 Å². The van der Waals surface area contributed by atoms with Crippen molar-refractivity contribution < 1.29 is 14.7 Å². The topological polar surface area (TPSA) is 69.6 Å². The maximum absolute atomic E-state index is 12.2. The van der Waals surface area contributed by atoms with Crippen LogP contribution >= 0.6 is 23.5 Å². The van der Waals surface area contributed by atoms with Crippen molar-refractivity contribution in [2.24, 2.45) is 0 Å². The number of thioether (sulfide) groups is 2. The number of carbonyl (C=O) groups excluding carboxylic acids is 1. The Hall–Kier alpha value is -0.560. The molecule has 2 amide bonds. The first-order chi connectivity index (χ1) is 9.50. The van der Waals surface area contributed by atoms with Crippen molar-refractivity contribution in [3.05, 3.63) is 0 Å². The monoisotopic (exact) mass is 320 g/mol. The largest absolute Gasteiger partial charge is 0.481 e. The average Bonchev–Trinajstić information content (AvgIpc) is 2.41. The van der Waals surface area contributed by atoms with E-state index in [4.69, 9.17) is 5.11 Å². The van der Waals surface area contributed by atoms with E-state index in [-0.39, 0.29) is 18.5 Å². The van der Waals surface area contributed by atoms with Gasteiger partial charge in [0.2, 0.25) is 0 Å². The van der Waals surface area contributed by atoms with Gasteiger partial charge in [0.05, 0.1) is 0 Å². The van der Waals surface area contributed by atoms with E-state index in [1.807, 2.05) is 37.4 Å². The van der Waals surface area contributed by atoms with Gasteiger partial charge in [-0.1, -0.05) is 0 Å². The number of rotatable bonds is 7. The van der Waals surface area contributed by atoms with E-state index >= 15 is 0 Å². The molecule has 20 heavy (non-hydrogen) atoms. The molecular weight excluding hydrogens is 296 g/mol. The van der Waals surface area contributed by atoms with Gasteiger partial charge in [0, 0.05) is 48.1 Å². The zero-order valence-corrected chi connectivity index (χ0v) is 13.8. The third-order valence-corrected chi connectivity index (χ3v) is 5.88. The summed E-state index contributed by atoms with van der Waals surface area (Å²) in [5.74, 6) is 2.62. The van der Waals surface area contributed by atoms with Gasteiger partial charge in [-0.05, 0) is 20.3 Å². The van der Waals surface area contributed by atoms with Crippen LogP contribution in [0, 0.1) is 0 Å². The fourth-order valence-corrected chi connectivity index (χ4v) is 4.56. The number of nitrogens with zero attached hydrogens (tertiary/aromatic N) is 1. The summed E-state index contributed by atoms with van der Waals surface area (Å²) in [6.45, 7) is 5.08. The minimum atomic E-state index is -0.815. The van der Waals surface area contributed by atoms with Crippen molar-refractivity contribution in [2.75, 3.05) is 30.3 Å². The van der Waals surface area contributed by atoms with Gasteiger partial charge in [0.15, 0.2) is 0 Å². The Morgan fingerprint density at radius 2 is 2.15 bits per heavy atom. The van der Waals surface area contributed by atoms with Crippen molar-refractivity contribution in [3.8, 4) is 0 Å². The molecule has 2 N–H and O–H groups in total. The highest BCUT2D eigenvalue weighted by atomic mass is 32.2. The van der Waals surface area contributed by atoms with Crippen LogP contribution in [0.15, 0.2) is 0 Å². The molecule has 1 aliphatic heterocycles. The number of aliphatic carboxylic acids is 1. The van der Waals surface area contributed by atoms with Crippen LogP contribution in [0.1, 0.15) is 26.7 Å². The number of urea groups is 1. The molecule has 5 nitrogen and oxygen atoms in total. The summed E-state index contributed by atoms with van der Waals surface area (Å²) < 4.78 is 0. The quantitative estimate of drug-likeness (QED) is 0.752. The van der Waals surface area contributed by atoms with Crippen LogP contribution in [-0.2, 0) is 4.79 Å². The number of amides is 2. The first kappa shape index (κ1) is 17.5. The molecule has 0 aliphatic carbocycles. The summed E-state index contributed by atoms with van der Waals surface area (Å²) in [4.78, 5) is 24.4. The van der Waals surface area contributed by atoms with Crippen molar-refractivity contribution in [1.29, 1.82) is 0 Å². The van der Waals surface area contributed by atoms with Crippen LogP contribution in [0.5, 0.6) is 0 Å². The Morgan fingerprint density at radius 1 is 1.40 bits per heavy atom. The highest BCUT2D eigenvalue weighted by molar-refractivity contribution is 8.06. The Balaban J connectivity index is 2.32. The van der Waals surface area contributed by atoms with E-state index in [0.717, 1.165) is 11.5 Å². The fraction of sp³-hybridized carbons (Fsp3) is 0.846. The fourth-order valence-electron chi connectivity index (χ4n) is 1.95. The number of nitrogens with one attached hydrogen (secondary N) is 1. The number of hydrogen-bond donors (Lipinski definition) is 2. The van der Waals surface area contributed by atoms with E-state index < -0.39 is 5.97 Å².